The molecule has 0 aliphatic carbocycles. The van der Waals surface area contributed by atoms with Gasteiger partial charge in [0.1, 0.15) is 18.5 Å². The van der Waals surface area contributed by atoms with Crippen LogP contribution in [0.3, 0.4) is 0 Å². The van der Waals surface area contributed by atoms with Crippen molar-refractivity contribution in [2.45, 2.75) is 39.0 Å². The molecule has 172 valence electrons. The van der Waals surface area contributed by atoms with Gasteiger partial charge in [0.15, 0.2) is 12.0 Å². The molecule has 0 aliphatic heterocycles. The first-order valence-electron chi connectivity index (χ1n) is 9.62. The Hall–Kier alpha value is -2.70. The van der Waals surface area contributed by atoms with E-state index in [1.807, 2.05) is 13.8 Å². The van der Waals surface area contributed by atoms with Crippen LogP contribution in [-0.2, 0) is 22.2 Å². The summed E-state index contributed by atoms with van der Waals surface area (Å²) in [5.41, 5.74) is -0.829. The first kappa shape index (κ1) is 24.6. The van der Waals surface area contributed by atoms with Crippen LogP contribution >= 0.6 is 0 Å². The molecule has 12 heteroatoms. The van der Waals surface area contributed by atoms with Gasteiger partial charge in [-0.2, -0.15) is 13.2 Å². The summed E-state index contributed by atoms with van der Waals surface area (Å²) in [7, 11) is 0. The van der Waals surface area contributed by atoms with Crippen molar-refractivity contribution >= 4 is 5.91 Å². The van der Waals surface area contributed by atoms with E-state index in [-0.39, 0.29) is 31.1 Å². The number of halogens is 3. The SMILES string of the molecule is CCOC(Cn1cc(C(=O)NCC(O)COc2cccc(C(F)(F)F)c2)nn1)OCC. The Morgan fingerprint density at radius 1 is 1.26 bits per heavy atom. The number of hydrogen-bond donors (Lipinski definition) is 2. The quantitative estimate of drug-likeness (QED) is 0.479. The lowest BCUT2D eigenvalue weighted by Crippen LogP contribution is -2.35. The van der Waals surface area contributed by atoms with Crippen molar-refractivity contribution in [3.63, 3.8) is 0 Å². The van der Waals surface area contributed by atoms with E-state index in [0.29, 0.717) is 13.2 Å². The van der Waals surface area contributed by atoms with Crippen LogP contribution in [-0.4, -0.2) is 64.8 Å². The number of aliphatic hydroxyl groups is 1. The van der Waals surface area contributed by atoms with Crippen molar-refractivity contribution in [1.29, 1.82) is 0 Å². The van der Waals surface area contributed by atoms with Crippen LogP contribution in [0.25, 0.3) is 0 Å². The van der Waals surface area contributed by atoms with E-state index in [1.165, 1.54) is 23.0 Å². The number of alkyl halides is 3. The second kappa shape index (κ2) is 11.6. The molecule has 0 radical (unpaired) electrons. The van der Waals surface area contributed by atoms with E-state index < -0.39 is 30.0 Å². The standard InChI is InChI=1S/C19H25F3N4O5/c1-3-29-17(30-4-2)11-26-10-16(24-25-26)18(28)23-9-14(27)12-31-15-7-5-6-13(8-15)19(20,21)22/h5-8,10,14,17,27H,3-4,9,11-12H2,1-2H3,(H,23,28). The topological polar surface area (TPSA) is 108 Å². The lowest BCUT2D eigenvalue weighted by Gasteiger charge is -2.16. The van der Waals surface area contributed by atoms with Crippen LogP contribution in [0.15, 0.2) is 30.5 Å². The molecule has 1 amide bonds. The molecule has 0 saturated carbocycles. The molecule has 0 saturated heterocycles. The van der Waals surface area contributed by atoms with Crippen molar-refractivity contribution in [3.05, 3.63) is 41.7 Å². The number of carbonyl (C=O) groups excluding carboxylic acids is 1. The third kappa shape index (κ3) is 8.15. The molecule has 2 N–H and O–H groups in total. The first-order chi connectivity index (χ1) is 14.7. The van der Waals surface area contributed by atoms with Crippen LogP contribution in [0.4, 0.5) is 13.2 Å². The lowest BCUT2D eigenvalue weighted by atomic mass is 10.2. The number of carbonyl (C=O) groups is 1. The molecule has 2 aromatic rings. The smallest absolute Gasteiger partial charge is 0.416 e. The maximum Gasteiger partial charge on any atom is 0.416 e. The Morgan fingerprint density at radius 3 is 2.61 bits per heavy atom. The van der Waals surface area contributed by atoms with Gasteiger partial charge < -0.3 is 24.6 Å². The lowest BCUT2D eigenvalue weighted by molar-refractivity contribution is -0.145. The van der Waals surface area contributed by atoms with E-state index in [4.69, 9.17) is 14.2 Å². The minimum absolute atomic E-state index is 0.0257. The summed E-state index contributed by atoms with van der Waals surface area (Å²) in [5, 5.41) is 20.0. The van der Waals surface area contributed by atoms with Crippen molar-refractivity contribution in [2.24, 2.45) is 0 Å². The number of ether oxygens (including phenoxy) is 3. The number of rotatable bonds is 12. The molecule has 0 fully saturated rings. The first-order valence-corrected chi connectivity index (χ1v) is 9.62. The number of aromatic nitrogens is 3. The highest BCUT2D eigenvalue weighted by Gasteiger charge is 2.30. The summed E-state index contributed by atoms with van der Waals surface area (Å²) in [4.78, 5) is 12.2. The highest BCUT2D eigenvalue weighted by Crippen LogP contribution is 2.31. The van der Waals surface area contributed by atoms with E-state index in [0.717, 1.165) is 12.1 Å². The Bertz CT molecular complexity index is 825. The van der Waals surface area contributed by atoms with Crippen LogP contribution in [0.1, 0.15) is 29.9 Å². The van der Waals surface area contributed by atoms with Gasteiger partial charge in [-0.05, 0) is 32.0 Å². The fourth-order valence-corrected chi connectivity index (χ4v) is 2.48. The number of amides is 1. The van der Waals surface area contributed by atoms with Gasteiger partial charge >= 0.3 is 6.18 Å². The maximum absolute atomic E-state index is 12.7. The third-order valence-corrected chi connectivity index (χ3v) is 3.91. The molecular formula is C19H25F3N4O5. The molecule has 0 spiro atoms. The number of nitrogens with one attached hydrogen (secondary N) is 1. The zero-order valence-electron chi connectivity index (χ0n) is 17.1. The fraction of sp³-hybridized carbons (Fsp3) is 0.526. The Kier molecular flexibility index (Phi) is 9.21. The average molecular weight is 446 g/mol. The van der Waals surface area contributed by atoms with Gasteiger partial charge in [-0.15, -0.1) is 5.10 Å². The Labute approximate surface area is 177 Å². The van der Waals surface area contributed by atoms with Crippen molar-refractivity contribution in [1.82, 2.24) is 20.3 Å². The number of hydrogen-bond acceptors (Lipinski definition) is 7. The maximum atomic E-state index is 12.7. The van der Waals surface area contributed by atoms with Crippen molar-refractivity contribution in [3.8, 4) is 5.75 Å². The summed E-state index contributed by atoms with van der Waals surface area (Å²) in [6.07, 6.45) is -4.75. The van der Waals surface area contributed by atoms with Crippen molar-refractivity contribution < 1.29 is 37.3 Å². The minimum atomic E-state index is -4.49. The predicted octanol–water partition coefficient (Wildman–Crippen LogP) is 1.87. The highest BCUT2D eigenvalue weighted by atomic mass is 19.4. The van der Waals surface area contributed by atoms with Gasteiger partial charge in [0.05, 0.1) is 18.3 Å². The molecule has 1 atom stereocenters. The summed E-state index contributed by atoms with van der Waals surface area (Å²) in [5.74, 6) is -0.616. The molecule has 1 aromatic carbocycles. The third-order valence-electron chi connectivity index (χ3n) is 3.91. The fourth-order valence-electron chi connectivity index (χ4n) is 2.48. The summed E-state index contributed by atoms with van der Waals surface area (Å²) < 4.78 is 55.5. The van der Waals surface area contributed by atoms with E-state index in [2.05, 4.69) is 15.6 Å². The number of benzene rings is 1. The van der Waals surface area contributed by atoms with Crippen LogP contribution in [0.5, 0.6) is 5.75 Å². The minimum Gasteiger partial charge on any atom is -0.491 e. The molecule has 2 rings (SSSR count). The van der Waals surface area contributed by atoms with E-state index >= 15 is 0 Å². The zero-order chi connectivity index (χ0) is 22.9. The van der Waals surface area contributed by atoms with Gasteiger partial charge in [-0.3, -0.25) is 4.79 Å². The summed E-state index contributed by atoms with van der Waals surface area (Å²) in [6.45, 7) is 4.31. The highest BCUT2D eigenvalue weighted by molar-refractivity contribution is 5.91. The summed E-state index contributed by atoms with van der Waals surface area (Å²) >= 11 is 0. The predicted molar refractivity (Wildman–Crippen MR) is 102 cm³/mol. The van der Waals surface area contributed by atoms with E-state index in [1.54, 1.807) is 0 Å². The zero-order valence-corrected chi connectivity index (χ0v) is 17.1. The van der Waals surface area contributed by atoms with Crippen LogP contribution in [0, 0.1) is 0 Å². The average Bonchev–Trinajstić information content (AvgIpc) is 3.19. The van der Waals surface area contributed by atoms with Gasteiger partial charge in [-0.25, -0.2) is 4.68 Å². The van der Waals surface area contributed by atoms with Gasteiger partial charge in [0.2, 0.25) is 0 Å². The number of aliphatic hydroxyl groups excluding tert-OH is 1. The van der Waals surface area contributed by atoms with Crippen molar-refractivity contribution in [2.75, 3.05) is 26.4 Å². The Balaban J connectivity index is 1.80. The van der Waals surface area contributed by atoms with Gasteiger partial charge in [0.25, 0.3) is 5.91 Å². The monoisotopic (exact) mass is 446 g/mol. The molecule has 1 unspecified atom stereocenters. The largest absolute Gasteiger partial charge is 0.491 e. The van der Waals surface area contributed by atoms with E-state index in [9.17, 15) is 23.1 Å². The number of nitrogens with zero attached hydrogens (tertiary/aromatic N) is 3. The molecular weight excluding hydrogens is 421 g/mol. The molecule has 31 heavy (non-hydrogen) atoms. The molecule has 0 bridgehead atoms. The van der Waals surface area contributed by atoms with Gasteiger partial charge in [0, 0.05) is 19.8 Å². The Morgan fingerprint density at radius 2 is 1.97 bits per heavy atom. The van der Waals surface area contributed by atoms with Crippen LogP contribution < -0.4 is 10.1 Å². The molecule has 9 nitrogen and oxygen atoms in total. The van der Waals surface area contributed by atoms with Gasteiger partial charge in [-0.1, -0.05) is 11.3 Å². The second-order valence-electron chi connectivity index (χ2n) is 6.37. The molecule has 1 aromatic heterocycles. The summed E-state index contributed by atoms with van der Waals surface area (Å²) in [6, 6.07) is 4.30. The second-order valence-corrected chi connectivity index (χ2v) is 6.37. The van der Waals surface area contributed by atoms with Crippen LogP contribution in [0.2, 0.25) is 0 Å². The molecule has 0 aliphatic rings. The molecule has 1 heterocycles. The normalized spacial score (nSPS) is 12.7.